The van der Waals surface area contributed by atoms with E-state index in [9.17, 15) is 18.0 Å². The van der Waals surface area contributed by atoms with Crippen LogP contribution in [0.3, 0.4) is 0 Å². The van der Waals surface area contributed by atoms with Gasteiger partial charge in [0.2, 0.25) is 15.9 Å². The van der Waals surface area contributed by atoms with E-state index in [0.717, 1.165) is 21.5 Å². The average Bonchev–Trinajstić information content (AvgIpc) is 2.95. The van der Waals surface area contributed by atoms with E-state index >= 15 is 0 Å². The molecule has 2 amide bonds. The number of nitrogens with zero attached hydrogens (tertiary/aromatic N) is 1. The number of methoxy groups -OCH3 is 2. The summed E-state index contributed by atoms with van der Waals surface area (Å²) < 4.78 is 37.1. The molecule has 0 unspecified atom stereocenters. The van der Waals surface area contributed by atoms with E-state index < -0.39 is 22.5 Å². The number of hydrogen-bond donors (Lipinski definition) is 2. The smallest absolute Gasteiger partial charge is 0.253 e. The molecule has 208 valence electrons. The van der Waals surface area contributed by atoms with E-state index in [4.69, 9.17) is 9.47 Å². The summed E-state index contributed by atoms with van der Waals surface area (Å²) in [4.78, 5) is 26.1. The van der Waals surface area contributed by atoms with Crippen LogP contribution in [0.4, 0.5) is 11.4 Å². The Hall–Kier alpha value is -4.57. The van der Waals surface area contributed by atoms with Crippen LogP contribution >= 0.6 is 0 Å². The molecule has 0 aromatic heterocycles. The van der Waals surface area contributed by atoms with Gasteiger partial charge in [0.05, 0.1) is 37.4 Å². The fourth-order valence-corrected chi connectivity index (χ4v) is 5.24. The fourth-order valence-electron chi connectivity index (χ4n) is 4.37. The van der Waals surface area contributed by atoms with Gasteiger partial charge in [-0.3, -0.25) is 13.9 Å². The molecule has 40 heavy (non-hydrogen) atoms. The second kappa shape index (κ2) is 12.5. The van der Waals surface area contributed by atoms with E-state index in [2.05, 4.69) is 10.6 Å². The van der Waals surface area contributed by atoms with Crippen LogP contribution in [0.1, 0.15) is 15.9 Å². The normalized spacial score (nSPS) is 11.1. The van der Waals surface area contributed by atoms with Gasteiger partial charge < -0.3 is 20.1 Å². The number of nitrogens with one attached hydrogen (secondary N) is 2. The summed E-state index contributed by atoms with van der Waals surface area (Å²) in [5.41, 5.74) is 1.90. The highest BCUT2D eigenvalue weighted by molar-refractivity contribution is 7.92. The van der Waals surface area contributed by atoms with Crippen molar-refractivity contribution in [3.8, 4) is 11.5 Å². The van der Waals surface area contributed by atoms with E-state index in [0.29, 0.717) is 35.5 Å². The lowest BCUT2D eigenvalue weighted by Crippen LogP contribution is -2.38. The molecule has 0 saturated carbocycles. The molecule has 10 heteroatoms. The van der Waals surface area contributed by atoms with Crippen LogP contribution in [0.15, 0.2) is 84.9 Å². The van der Waals surface area contributed by atoms with Gasteiger partial charge in [-0.15, -0.1) is 0 Å². The molecule has 0 aliphatic rings. The lowest BCUT2D eigenvalue weighted by molar-refractivity contribution is -0.114. The van der Waals surface area contributed by atoms with Crippen molar-refractivity contribution >= 4 is 44.0 Å². The second-order valence-corrected chi connectivity index (χ2v) is 11.0. The number of rotatable bonds is 11. The number of anilines is 2. The Labute approximate surface area is 233 Å². The molecule has 4 aromatic carbocycles. The van der Waals surface area contributed by atoms with Crippen molar-refractivity contribution in [3.63, 3.8) is 0 Å². The number of carbonyl (C=O) groups excluding carboxylic acids is 2. The van der Waals surface area contributed by atoms with Gasteiger partial charge in [0.15, 0.2) is 11.5 Å². The van der Waals surface area contributed by atoms with E-state index in [1.807, 2.05) is 42.5 Å². The molecule has 9 nitrogen and oxygen atoms in total. The largest absolute Gasteiger partial charge is 0.493 e. The Morgan fingerprint density at radius 1 is 0.850 bits per heavy atom. The number of benzene rings is 4. The maximum atomic E-state index is 13.1. The molecule has 0 aliphatic carbocycles. The zero-order valence-electron chi connectivity index (χ0n) is 22.5. The summed E-state index contributed by atoms with van der Waals surface area (Å²) in [5, 5.41) is 7.14. The summed E-state index contributed by atoms with van der Waals surface area (Å²) in [6.45, 7) is -0.109. The number of sulfonamides is 1. The Kier molecular flexibility index (Phi) is 8.90. The summed E-state index contributed by atoms with van der Waals surface area (Å²) >= 11 is 0. The second-order valence-electron chi connectivity index (χ2n) is 9.06. The molecule has 0 saturated heterocycles. The first-order chi connectivity index (χ1) is 19.2. The number of amides is 2. The predicted molar refractivity (Wildman–Crippen MR) is 157 cm³/mol. The number of ether oxygens (including phenoxy) is 2. The van der Waals surface area contributed by atoms with E-state index in [1.54, 1.807) is 56.7 Å². The van der Waals surface area contributed by atoms with Crippen molar-refractivity contribution in [2.24, 2.45) is 0 Å². The van der Waals surface area contributed by atoms with E-state index in [-0.39, 0.29) is 17.2 Å². The minimum atomic E-state index is -3.79. The standard InChI is InChI=1S/C30H31N3O6S/c1-38-27-16-15-21(19-28(27)39-2)17-18-31-30(35)24-12-6-7-13-25(24)32-29(34)20-33(40(3,36)37)26-14-8-10-22-9-4-5-11-23(22)26/h4-16,19H,17-18,20H2,1-3H3,(H,31,35)(H,32,34). The average molecular weight is 562 g/mol. The van der Waals surface area contributed by atoms with Gasteiger partial charge in [-0.05, 0) is 47.7 Å². The molecule has 4 aromatic rings. The highest BCUT2D eigenvalue weighted by Crippen LogP contribution is 2.29. The number of hydrogen-bond acceptors (Lipinski definition) is 6. The lowest BCUT2D eigenvalue weighted by Gasteiger charge is -2.23. The first-order valence-corrected chi connectivity index (χ1v) is 14.4. The molecule has 0 radical (unpaired) electrons. The van der Waals surface area contributed by atoms with Gasteiger partial charge in [0, 0.05) is 11.9 Å². The molecule has 0 atom stereocenters. The van der Waals surface area contributed by atoms with Crippen LogP contribution in [-0.4, -0.2) is 53.8 Å². The molecular formula is C30H31N3O6S. The van der Waals surface area contributed by atoms with Crippen LogP contribution in [0.5, 0.6) is 11.5 Å². The minimum Gasteiger partial charge on any atom is -0.493 e. The summed E-state index contributed by atoms with van der Waals surface area (Å²) in [6, 6.07) is 24.8. The molecule has 0 fully saturated rings. The number of para-hydroxylation sites is 1. The van der Waals surface area contributed by atoms with E-state index in [1.165, 1.54) is 0 Å². The molecular weight excluding hydrogens is 530 g/mol. The van der Waals surface area contributed by atoms with Gasteiger partial charge in [-0.1, -0.05) is 54.6 Å². The van der Waals surface area contributed by atoms with Gasteiger partial charge in [-0.2, -0.15) is 0 Å². The predicted octanol–water partition coefficient (Wildman–Crippen LogP) is 4.23. The van der Waals surface area contributed by atoms with Gasteiger partial charge in [0.1, 0.15) is 6.54 Å². The third-order valence-electron chi connectivity index (χ3n) is 6.32. The summed E-state index contributed by atoms with van der Waals surface area (Å²) in [7, 11) is -0.668. The first-order valence-electron chi connectivity index (χ1n) is 12.5. The van der Waals surface area contributed by atoms with Crippen molar-refractivity contribution in [1.29, 1.82) is 0 Å². The zero-order chi connectivity index (χ0) is 28.7. The first kappa shape index (κ1) is 28.4. The van der Waals surface area contributed by atoms with Gasteiger partial charge in [0.25, 0.3) is 5.91 Å². The zero-order valence-corrected chi connectivity index (χ0v) is 23.3. The molecule has 4 rings (SSSR count). The van der Waals surface area contributed by atoms with Crippen LogP contribution in [0.25, 0.3) is 10.8 Å². The number of fused-ring (bicyclic) bond motifs is 1. The summed E-state index contributed by atoms with van der Waals surface area (Å²) in [6.07, 6.45) is 1.61. The van der Waals surface area contributed by atoms with Crippen molar-refractivity contribution in [3.05, 3.63) is 96.1 Å². The highest BCUT2D eigenvalue weighted by Gasteiger charge is 2.23. The third-order valence-corrected chi connectivity index (χ3v) is 7.44. The lowest BCUT2D eigenvalue weighted by atomic mass is 10.1. The van der Waals surface area contributed by atoms with Crippen LogP contribution in [-0.2, 0) is 21.2 Å². The summed E-state index contributed by atoms with van der Waals surface area (Å²) in [5.74, 6) is 0.273. The van der Waals surface area contributed by atoms with Crippen molar-refractivity contribution in [1.82, 2.24) is 5.32 Å². The minimum absolute atomic E-state index is 0.263. The van der Waals surface area contributed by atoms with Gasteiger partial charge >= 0.3 is 0 Å². The number of carbonyl (C=O) groups is 2. The SMILES string of the molecule is COc1ccc(CCNC(=O)c2ccccc2NC(=O)CN(c2cccc3ccccc23)S(C)(=O)=O)cc1OC. The highest BCUT2D eigenvalue weighted by atomic mass is 32.2. The molecule has 0 spiro atoms. The van der Waals surface area contributed by atoms with Crippen LogP contribution in [0.2, 0.25) is 0 Å². The van der Waals surface area contributed by atoms with Crippen molar-refractivity contribution < 1.29 is 27.5 Å². The third kappa shape index (κ3) is 6.70. The maximum absolute atomic E-state index is 13.1. The Morgan fingerprint density at radius 3 is 2.30 bits per heavy atom. The van der Waals surface area contributed by atoms with Crippen LogP contribution in [0, 0.1) is 0 Å². The Balaban J connectivity index is 1.46. The van der Waals surface area contributed by atoms with Gasteiger partial charge in [-0.25, -0.2) is 8.42 Å². The monoisotopic (exact) mass is 561 g/mol. The molecule has 0 heterocycles. The maximum Gasteiger partial charge on any atom is 0.253 e. The Bertz CT molecular complexity index is 1630. The fraction of sp³-hybridized carbons (Fsp3) is 0.200. The molecule has 2 N–H and O–H groups in total. The topological polar surface area (TPSA) is 114 Å². The van der Waals surface area contributed by atoms with Crippen molar-refractivity contribution in [2.45, 2.75) is 6.42 Å². The van der Waals surface area contributed by atoms with Crippen LogP contribution < -0.4 is 24.4 Å². The quantitative estimate of drug-likeness (QED) is 0.283. The molecule has 0 aliphatic heterocycles. The Morgan fingerprint density at radius 2 is 1.55 bits per heavy atom. The van der Waals surface area contributed by atoms with Crippen molar-refractivity contribution in [2.75, 3.05) is 43.2 Å². The molecule has 0 bridgehead atoms.